The lowest BCUT2D eigenvalue weighted by atomic mass is 10.1. The molecular weight excluding hydrogens is 246 g/mol. The maximum Gasteiger partial charge on any atom is 0.258 e. The summed E-state index contributed by atoms with van der Waals surface area (Å²) >= 11 is 0. The maximum absolute atomic E-state index is 12.2. The average Bonchev–Trinajstić information content (AvgIpc) is 2.66. The Hall–Kier alpha value is -1.95. The second-order valence-electron chi connectivity index (χ2n) is 5.25. The number of amides is 1. The molecule has 0 saturated carbocycles. The second-order valence-corrected chi connectivity index (χ2v) is 5.25. The molecule has 0 saturated heterocycles. The Labute approximate surface area is 110 Å². The molecule has 102 valence electrons. The minimum atomic E-state index is -0.958. The highest BCUT2D eigenvalue weighted by atomic mass is 16.5. The molecule has 0 atom stereocenters. The van der Waals surface area contributed by atoms with Crippen LogP contribution in [0, 0.1) is 13.8 Å². The van der Waals surface area contributed by atoms with Gasteiger partial charge in [0.05, 0.1) is 22.2 Å². The van der Waals surface area contributed by atoms with Crippen LogP contribution in [0.1, 0.15) is 35.6 Å². The summed E-state index contributed by atoms with van der Waals surface area (Å²) in [5.74, 6) is -0.274. The number of nitrogens with zero attached hydrogens (tertiary/aromatic N) is 2. The third kappa shape index (κ3) is 2.90. The van der Waals surface area contributed by atoms with Crippen LogP contribution in [0.3, 0.4) is 0 Å². The normalized spacial score (nSPS) is 11.8. The van der Waals surface area contributed by atoms with Crippen LogP contribution in [0.15, 0.2) is 10.6 Å². The molecule has 2 aromatic heterocycles. The van der Waals surface area contributed by atoms with Gasteiger partial charge < -0.3 is 14.9 Å². The van der Waals surface area contributed by atoms with E-state index in [0.29, 0.717) is 28.1 Å². The summed E-state index contributed by atoms with van der Waals surface area (Å²) in [6, 6.07) is 1.69. The Kier molecular flexibility index (Phi) is 3.28. The molecule has 0 spiro atoms. The largest absolute Gasteiger partial charge is 0.389 e. The van der Waals surface area contributed by atoms with Gasteiger partial charge in [-0.05, 0) is 33.8 Å². The van der Waals surface area contributed by atoms with Crippen LogP contribution in [0.5, 0.6) is 0 Å². The summed E-state index contributed by atoms with van der Waals surface area (Å²) in [7, 11) is 0. The Morgan fingerprint density at radius 1 is 1.47 bits per heavy atom. The van der Waals surface area contributed by atoms with Crippen molar-refractivity contribution in [3.63, 3.8) is 0 Å². The van der Waals surface area contributed by atoms with Crippen LogP contribution in [-0.4, -0.2) is 33.3 Å². The Morgan fingerprint density at radius 3 is 2.79 bits per heavy atom. The van der Waals surface area contributed by atoms with Gasteiger partial charge in [-0.25, -0.2) is 4.98 Å². The van der Waals surface area contributed by atoms with Crippen LogP contribution < -0.4 is 5.32 Å². The first-order valence-electron chi connectivity index (χ1n) is 6.02. The zero-order valence-electron chi connectivity index (χ0n) is 11.4. The van der Waals surface area contributed by atoms with Gasteiger partial charge in [0.2, 0.25) is 0 Å². The molecule has 0 aliphatic carbocycles. The van der Waals surface area contributed by atoms with Crippen molar-refractivity contribution in [1.29, 1.82) is 0 Å². The van der Waals surface area contributed by atoms with Crippen molar-refractivity contribution in [2.75, 3.05) is 6.54 Å². The number of aryl methyl sites for hydroxylation is 2. The quantitative estimate of drug-likeness (QED) is 0.872. The Morgan fingerprint density at radius 2 is 2.16 bits per heavy atom. The smallest absolute Gasteiger partial charge is 0.258 e. The first kappa shape index (κ1) is 13.5. The molecule has 0 radical (unpaired) electrons. The van der Waals surface area contributed by atoms with Gasteiger partial charge in [-0.1, -0.05) is 5.16 Å². The molecule has 0 unspecified atom stereocenters. The molecule has 0 aromatic carbocycles. The lowest BCUT2D eigenvalue weighted by Crippen LogP contribution is -2.38. The number of carbonyl (C=O) groups excluding carboxylic acids is 1. The van der Waals surface area contributed by atoms with Crippen LogP contribution in [-0.2, 0) is 0 Å². The van der Waals surface area contributed by atoms with E-state index in [4.69, 9.17) is 4.52 Å². The number of hydrogen-bond acceptors (Lipinski definition) is 5. The van der Waals surface area contributed by atoms with E-state index in [1.807, 2.05) is 0 Å². The highest BCUT2D eigenvalue weighted by Crippen LogP contribution is 2.21. The average molecular weight is 263 g/mol. The summed E-state index contributed by atoms with van der Waals surface area (Å²) in [4.78, 5) is 16.4. The summed E-state index contributed by atoms with van der Waals surface area (Å²) in [6.45, 7) is 6.97. The van der Waals surface area contributed by atoms with E-state index in [-0.39, 0.29) is 12.5 Å². The van der Waals surface area contributed by atoms with E-state index in [9.17, 15) is 9.90 Å². The molecule has 6 heteroatoms. The van der Waals surface area contributed by atoms with Crippen molar-refractivity contribution in [2.24, 2.45) is 0 Å². The molecule has 0 aliphatic rings. The number of carbonyl (C=O) groups is 1. The monoisotopic (exact) mass is 263 g/mol. The fraction of sp³-hybridized carbons (Fsp3) is 0.462. The predicted molar refractivity (Wildman–Crippen MR) is 69.9 cm³/mol. The zero-order chi connectivity index (χ0) is 14.2. The molecule has 19 heavy (non-hydrogen) atoms. The number of hydrogen-bond donors (Lipinski definition) is 2. The van der Waals surface area contributed by atoms with Crippen molar-refractivity contribution in [3.8, 4) is 0 Å². The highest BCUT2D eigenvalue weighted by molar-refractivity contribution is 6.06. The minimum absolute atomic E-state index is 0.166. The number of rotatable bonds is 3. The second kappa shape index (κ2) is 4.62. The summed E-state index contributed by atoms with van der Waals surface area (Å²) in [6.07, 6.45) is 0. The van der Waals surface area contributed by atoms with Gasteiger partial charge >= 0.3 is 0 Å². The van der Waals surface area contributed by atoms with Crippen LogP contribution in [0.4, 0.5) is 0 Å². The van der Waals surface area contributed by atoms with Crippen LogP contribution >= 0.6 is 0 Å². The fourth-order valence-electron chi connectivity index (χ4n) is 1.79. The van der Waals surface area contributed by atoms with Crippen molar-refractivity contribution < 1.29 is 14.4 Å². The Bertz CT molecular complexity index is 626. The molecule has 0 fully saturated rings. The number of aromatic nitrogens is 2. The first-order valence-corrected chi connectivity index (χ1v) is 6.02. The highest BCUT2D eigenvalue weighted by Gasteiger charge is 2.20. The summed E-state index contributed by atoms with van der Waals surface area (Å²) < 4.78 is 5.08. The lowest BCUT2D eigenvalue weighted by Gasteiger charge is -2.17. The fourth-order valence-corrected chi connectivity index (χ4v) is 1.79. The van der Waals surface area contributed by atoms with E-state index in [1.165, 1.54) is 0 Å². The number of aliphatic hydroxyl groups is 1. The standard InChI is InChI=1S/C13H17N3O3/c1-7-5-9(11(17)14-6-13(3,4)18)10-8(2)16-19-12(10)15-7/h5,18H,6H2,1-4H3,(H,14,17). The van der Waals surface area contributed by atoms with Gasteiger partial charge in [-0.15, -0.1) is 0 Å². The van der Waals surface area contributed by atoms with E-state index in [1.54, 1.807) is 33.8 Å². The van der Waals surface area contributed by atoms with E-state index in [2.05, 4.69) is 15.5 Å². The third-order valence-electron chi connectivity index (χ3n) is 2.67. The molecule has 2 aromatic rings. The van der Waals surface area contributed by atoms with Crippen molar-refractivity contribution in [1.82, 2.24) is 15.5 Å². The van der Waals surface area contributed by atoms with Crippen molar-refractivity contribution in [3.05, 3.63) is 23.0 Å². The van der Waals surface area contributed by atoms with Crippen LogP contribution in [0.25, 0.3) is 11.1 Å². The summed E-state index contributed by atoms with van der Waals surface area (Å²) in [5.41, 5.74) is 1.16. The van der Waals surface area contributed by atoms with Gasteiger partial charge in [0.25, 0.3) is 11.6 Å². The van der Waals surface area contributed by atoms with Gasteiger partial charge in [0.1, 0.15) is 0 Å². The molecule has 2 heterocycles. The molecule has 1 amide bonds. The van der Waals surface area contributed by atoms with Gasteiger partial charge in [0.15, 0.2) is 0 Å². The molecule has 6 nitrogen and oxygen atoms in total. The lowest BCUT2D eigenvalue weighted by molar-refractivity contribution is 0.0695. The number of nitrogens with one attached hydrogen (secondary N) is 1. The van der Waals surface area contributed by atoms with Gasteiger partial charge in [-0.3, -0.25) is 4.79 Å². The van der Waals surface area contributed by atoms with Gasteiger partial charge in [-0.2, -0.15) is 0 Å². The Balaban J connectivity index is 2.38. The van der Waals surface area contributed by atoms with E-state index >= 15 is 0 Å². The predicted octanol–water partition coefficient (Wildman–Crippen LogP) is 1.34. The maximum atomic E-state index is 12.2. The topological polar surface area (TPSA) is 88.2 Å². The first-order chi connectivity index (χ1) is 8.78. The molecular formula is C13H17N3O3. The van der Waals surface area contributed by atoms with E-state index in [0.717, 1.165) is 0 Å². The minimum Gasteiger partial charge on any atom is -0.389 e. The molecule has 0 bridgehead atoms. The SMILES string of the molecule is Cc1cc(C(=O)NCC(C)(C)O)c2c(C)noc2n1. The number of pyridine rings is 1. The molecule has 0 aliphatic heterocycles. The van der Waals surface area contributed by atoms with Crippen LogP contribution in [0.2, 0.25) is 0 Å². The van der Waals surface area contributed by atoms with Gasteiger partial charge in [0, 0.05) is 12.2 Å². The summed E-state index contributed by atoms with van der Waals surface area (Å²) in [5, 5.41) is 16.8. The molecule has 2 N–H and O–H groups in total. The third-order valence-corrected chi connectivity index (χ3v) is 2.67. The van der Waals surface area contributed by atoms with Crippen molar-refractivity contribution >= 4 is 17.0 Å². The molecule has 2 rings (SSSR count). The van der Waals surface area contributed by atoms with E-state index < -0.39 is 5.60 Å². The van der Waals surface area contributed by atoms with Crippen molar-refractivity contribution in [2.45, 2.75) is 33.3 Å². The zero-order valence-corrected chi connectivity index (χ0v) is 11.4. The number of fused-ring (bicyclic) bond motifs is 1.